The number of carboxylic acids is 1. The molecule has 2 amide bonds. The predicted octanol–water partition coefficient (Wildman–Crippen LogP) is 0.882. The molecule has 0 aliphatic heterocycles. The van der Waals surface area contributed by atoms with Gasteiger partial charge >= 0.3 is 18.0 Å². The summed E-state index contributed by atoms with van der Waals surface area (Å²) in [6.45, 7) is 2.29. The highest BCUT2D eigenvalue weighted by Crippen LogP contribution is 2.24. The van der Waals surface area contributed by atoms with Crippen molar-refractivity contribution in [2.24, 2.45) is 5.92 Å². The first-order valence-corrected chi connectivity index (χ1v) is 6.95. The quantitative estimate of drug-likeness (QED) is 0.629. The van der Waals surface area contributed by atoms with Crippen molar-refractivity contribution in [2.75, 3.05) is 13.2 Å². The summed E-state index contributed by atoms with van der Waals surface area (Å²) in [4.78, 5) is 33.4. The normalized spacial score (nSPS) is 21.9. The van der Waals surface area contributed by atoms with Crippen LogP contribution in [-0.4, -0.2) is 42.3 Å². The van der Waals surface area contributed by atoms with Gasteiger partial charge in [0.05, 0.1) is 18.9 Å². The van der Waals surface area contributed by atoms with Crippen LogP contribution in [0.2, 0.25) is 0 Å². The fraction of sp³-hybridized carbons (Fsp3) is 0.769. The second-order valence-electron chi connectivity index (χ2n) is 4.84. The first-order chi connectivity index (χ1) is 9.52. The maximum absolute atomic E-state index is 11.6. The molecule has 20 heavy (non-hydrogen) atoms. The predicted molar refractivity (Wildman–Crippen MR) is 71.2 cm³/mol. The van der Waals surface area contributed by atoms with Gasteiger partial charge in [-0.2, -0.15) is 0 Å². The summed E-state index contributed by atoms with van der Waals surface area (Å²) in [6, 6.07) is -0.318. The molecule has 114 valence electrons. The molecule has 0 spiro atoms. The van der Waals surface area contributed by atoms with Gasteiger partial charge in [0.25, 0.3) is 0 Å². The monoisotopic (exact) mass is 286 g/mol. The first kappa shape index (κ1) is 16.3. The Morgan fingerprint density at radius 3 is 2.40 bits per heavy atom. The van der Waals surface area contributed by atoms with Gasteiger partial charge in [-0.3, -0.25) is 9.59 Å². The molecule has 7 heteroatoms. The molecule has 7 nitrogen and oxygen atoms in total. The molecule has 1 aliphatic rings. The number of rotatable bonds is 6. The lowest BCUT2D eigenvalue weighted by Crippen LogP contribution is -2.44. The van der Waals surface area contributed by atoms with Crippen molar-refractivity contribution in [3.05, 3.63) is 0 Å². The maximum atomic E-state index is 11.6. The Morgan fingerprint density at radius 1 is 1.20 bits per heavy atom. The van der Waals surface area contributed by atoms with E-state index in [2.05, 4.69) is 10.6 Å². The fourth-order valence-corrected chi connectivity index (χ4v) is 2.23. The SMILES string of the molecule is CCOC(=O)CCNC(=O)NC1CCC(C(=O)O)CC1. The lowest BCUT2D eigenvalue weighted by Gasteiger charge is -2.26. The van der Waals surface area contributed by atoms with Crippen LogP contribution in [0.4, 0.5) is 4.79 Å². The Morgan fingerprint density at radius 2 is 1.85 bits per heavy atom. The number of ether oxygens (including phenoxy) is 1. The molecule has 0 aromatic carbocycles. The van der Waals surface area contributed by atoms with E-state index in [0.29, 0.717) is 32.3 Å². The van der Waals surface area contributed by atoms with Crippen molar-refractivity contribution in [2.45, 2.75) is 45.1 Å². The number of carboxylic acid groups (broad SMARTS) is 1. The average molecular weight is 286 g/mol. The molecule has 3 N–H and O–H groups in total. The van der Waals surface area contributed by atoms with E-state index in [1.807, 2.05) is 0 Å². The number of hydrogen-bond acceptors (Lipinski definition) is 4. The second-order valence-corrected chi connectivity index (χ2v) is 4.84. The summed E-state index contributed by atoms with van der Waals surface area (Å²) in [6.07, 6.45) is 2.66. The standard InChI is InChI=1S/C13H22N2O5/c1-2-20-11(16)7-8-14-13(19)15-10-5-3-9(4-6-10)12(17)18/h9-10H,2-8H2,1H3,(H,17,18)(H2,14,15,19). The molecule has 0 saturated heterocycles. The minimum Gasteiger partial charge on any atom is -0.481 e. The van der Waals surface area contributed by atoms with Crippen LogP contribution in [0, 0.1) is 5.92 Å². The summed E-state index contributed by atoms with van der Waals surface area (Å²) in [5.74, 6) is -1.39. The van der Waals surface area contributed by atoms with E-state index in [-0.39, 0.29) is 36.9 Å². The van der Waals surface area contributed by atoms with Crippen LogP contribution in [0.1, 0.15) is 39.0 Å². The minimum absolute atomic E-state index is 0.00759. The topological polar surface area (TPSA) is 105 Å². The Kier molecular flexibility index (Phi) is 6.83. The van der Waals surface area contributed by atoms with Crippen molar-refractivity contribution in [3.63, 3.8) is 0 Å². The third-order valence-corrected chi connectivity index (χ3v) is 3.33. The van der Waals surface area contributed by atoms with Crippen LogP contribution in [0.15, 0.2) is 0 Å². The largest absolute Gasteiger partial charge is 0.481 e. The van der Waals surface area contributed by atoms with Crippen LogP contribution < -0.4 is 10.6 Å². The molecular weight excluding hydrogens is 264 g/mol. The molecule has 1 fully saturated rings. The number of nitrogens with one attached hydrogen (secondary N) is 2. The number of urea groups is 1. The third kappa shape index (κ3) is 5.90. The minimum atomic E-state index is -0.762. The van der Waals surface area contributed by atoms with Crippen molar-refractivity contribution in [3.8, 4) is 0 Å². The van der Waals surface area contributed by atoms with Crippen LogP contribution in [0.3, 0.4) is 0 Å². The number of hydrogen-bond donors (Lipinski definition) is 3. The number of carbonyl (C=O) groups excluding carboxylic acids is 2. The summed E-state index contributed by atoms with van der Waals surface area (Å²) in [5.41, 5.74) is 0. The van der Waals surface area contributed by atoms with Gasteiger partial charge in [-0.15, -0.1) is 0 Å². The van der Waals surface area contributed by atoms with Crippen molar-refractivity contribution >= 4 is 18.0 Å². The van der Waals surface area contributed by atoms with Gasteiger partial charge in [0.15, 0.2) is 0 Å². The van der Waals surface area contributed by atoms with E-state index < -0.39 is 5.97 Å². The number of amides is 2. The lowest BCUT2D eigenvalue weighted by molar-refractivity contribution is -0.143. The van der Waals surface area contributed by atoms with Gasteiger partial charge in [0.1, 0.15) is 0 Å². The zero-order valence-corrected chi connectivity index (χ0v) is 11.7. The number of carbonyl (C=O) groups is 3. The van der Waals surface area contributed by atoms with Gasteiger partial charge in [-0.05, 0) is 32.6 Å². The Hall–Kier alpha value is -1.79. The molecule has 0 aromatic heterocycles. The zero-order chi connectivity index (χ0) is 15.0. The molecule has 0 aromatic rings. The van der Waals surface area contributed by atoms with Crippen LogP contribution in [-0.2, 0) is 14.3 Å². The molecule has 1 saturated carbocycles. The van der Waals surface area contributed by atoms with Crippen LogP contribution in [0.25, 0.3) is 0 Å². The van der Waals surface area contributed by atoms with E-state index in [1.165, 1.54) is 0 Å². The lowest BCUT2D eigenvalue weighted by atomic mass is 9.86. The molecule has 0 unspecified atom stereocenters. The molecule has 1 rings (SSSR count). The van der Waals surface area contributed by atoms with Crippen LogP contribution >= 0.6 is 0 Å². The van der Waals surface area contributed by atoms with E-state index in [1.54, 1.807) is 6.92 Å². The summed E-state index contributed by atoms with van der Waals surface area (Å²) < 4.78 is 4.74. The highest BCUT2D eigenvalue weighted by atomic mass is 16.5. The molecule has 1 aliphatic carbocycles. The van der Waals surface area contributed by atoms with Gasteiger partial charge in [0, 0.05) is 12.6 Å². The second kappa shape index (κ2) is 8.39. The van der Waals surface area contributed by atoms with Gasteiger partial charge < -0.3 is 20.5 Å². The van der Waals surface area contributed by atoms with Gasteiger partial charge in [0.2, 0.25) is 0 Å². The number of aliphatic carboxylic acids is 1. The Balaban J connectivity index is 2.14. The summed E-state index contributed by atoms with van der Waals surface area (Å²) in [7, 11) is 0. The smallest absolute Gasteiger partial charge is 0.315 e. The molecule has 0 atom stereocenters. The summed E-state index contributed by atoms with van der Waals surface area (Å²) in [5, 5.41) is 14.2. The Labute approximate surface area is 118 Å². The van der Waals surface area contributed by atoms with E-state index >= 15 is 0 Å². The van der Waals surface area contributed by atoms with Gasteiger partial charge in [-0.1, -0.05) is 0 Å². The van der Waals surface area contributed by atoms with E-state index in [9.17, 15) is 14.4 Å². The van der Waals surface area contributed by atoms with E-state index in [0.717, 1.165) is 0 Å². The van der Waals surface area contributed by atoms with Crippen molar-refractivity contribution in [1.29, 1.82) is 0 Å². The molecule has 0 radical (unpaired) electrons. The third-order valence-electron chi connectivity index (χ3n) is 3.33. The van der Waals surface area contributed by atoms with Crippen LogP contribution in [0.5, 0.6) is 0 Å². The maximum Gasteiger partial charge on any atom is 0.315 e. The molecule has 0 heterocycles. The zero-order valence-electron chi connectivity index (χ0n) is 11.7. The first-order valence-electron chi connectivity index (χ1n) is 6.95. The average Bonchev–Trinajstić information content (AvgIpc) is 2.39. The fourth-order valence-electron chi connectivity index (χ4n) is 2.23. The molecule has 0 bridgehead atoms. The molecular formula is C13H22N2O5. The highest BCUT2D eigenvalue weighted by Gasteiger charge is 2.26. The highest BCUT2D eigenvalue weighted by molar-refractivity contribution is 5.75. The van der Waals surface area contributed by atoms with Crippen molar-refractivity contribution < 1.29 is 24.2 Å². The summed E-state index contributed by atoms with van der Waals surface area (Å²) >= 11 is 0. The van der Waals surface area contributed by atoms with E-state index in [4.69, 9.17) is 9.84 Å². The van der Waals surface area contributed by atoms with Gasteiger partial charge in [-0.25, -0.2) is 4.79 Å². The Bertz CT molecular complexity index is 351. The number of esters is 1. The van der Waals surface area contributed by atoms with Crippen molar-refractivity contribution in [1.82, 2.24) is 10.6 Å².